The smallest absolute Gasteiger partial charge is 0.335 e. The largest absolute Gasteiger partial charge is 0.502 e. The van der Waals surface area contributed by atoms with Crippen molar-refractivity contribution >= 4 is 23.6 Å². The molecular weight excluding hydrogens is 288 g/mol. The number of carbonyl (C=O) groups is 1. The van der Waals surface area contributed by atoms with Crippen molar-refractivity contribution in [3.05, 3.63) is 63.2 Å². The summed E-state index contributed by atoms with van der Waals surface area (Å²) in [6.07, 6.45) is 1.41. The highest BCUT2D eigenvalue weighted by Crippen LogP contribution is 2.26. The van der Waals surface area contributed by atoms with Gasteiger partial charge in [-0.3, -0.25) is 15.1 Å². The predicted octanol–water partition coefficient (Wildman–Crippen LogP) is 3.06. The van der Waals surface area contributed by atoms with E-state index >= 15 is 0 Å². The number of rotatable bonds is 4. The van der Waals surface area contributed by atoms with Gasteiger partial charge in [0.15, 0.2) is 5.75 Å². The fourth-order valence-corrected chi connectivity index (χ4v) is 1.84. The van der Waals surface area contributed by atoms with Crippen LogP contribution < -0.4 is 0 Å². The SMILES string of the molecule is Cc1cc(C(=O)O)ccc1N=Cc1ccc(O)c([N+](=O)[O-])c1. The number of hydrogen-bond acceptors (Lipinski definition) is 5. The molecule has 0 spiro atoms. The van der Waals surface area contributed by atoms with Gasteiger partial charge in [-0.25, -0.2) is 4.79 Å². The Balaban J connectivity index is 2.31. The summed E-state index contributed by atoms with van der Waals surface area (Å²) >= 11 is 0. The van der Waals surface area contributed by atoms with Crippen molar-refractivity contribution in [2.75, 3.05) is 0 Å². The van der Waals surface area contributed by atoms with Gasteiger partial charge in [-0.2, -0.15) is 0 Å². The Morgan fingerprint density at radius 2 is 2.00 bits per heavy atom. The van der Waals surface area contributed by atoms with Crippen LogP contribution in [0.1, 0.15) is 21.5 Å². The summed E-state index contributed by atoms with van der Waals surface area (Å²) in [6.45, 7) is 1.72. The molecule has 2 N–H and O–H groups in total. The van der Waals surface area contributed by atoms with Crippen LogP contribution in [0.5, 0.6) is 5.75 Å². The van der Waals surface area contributed by atoms with Crippen LogP contribution in [0.4, 0.5) is 11.4 Å². The fourth-order valence-electron chi connectivity index (χ4n) is 1.84. The van der Waals surface area contributed by atoms with E-state index in [9.17, 15) is 20.0 Å². The summed E-state index contributed by atoms with van der Waals surface area (Å²) in [5.41, 5.74) is 1.44. The van der Waals surface area contributed by atoms with E-state index in [4.69, 9.17) is 5.11 Å². The van der Waals surface area contributed by atoms with E-state index in [0.717, 1.165) is 0 Å². The highest BCUT2D eigenvalue weighted by molar-refractivity contribution is 5.89. The number of phenols is 1. The van der Waals surface area contributed by atoms with E-state index in [1.54, 1.807) is 13.0 Å². The molecule has 112 valence electrons. The van der Waals surface area contributed by atoms with Crippen LogP contribution in [0.25, 0.3) is 0 Å². The first-order valence-corrected chi connectivity index (χ1v) is 6.24. The van der Waals surface area contributed by atoms with Crippen LogP contribution in [0.3, 0.4) is 0 Å². The third kappa shape index (κ3) is 3.26. The van der Waals surface area contributed by atoms with E-state index in [1.165, 1.54) is 36.5 Å². The van der Waals surface area contributed by atoms with E-state index < -0.39 is 22.3 Å². The first-order chi connectivity index (χ1) is 10.4. The topological polar surface area (TPSA) is 113 Å². The highest BCUT2D eigenvalue weighted by Gasteiger charge is 2.12. The quantitative estimate of drug-likeness (QED) is 0.512. The molecule has 0 aliphatic heterocycles. The zero-order valence-electron chi connectivity index (χ0n) is 11.6. The molecule has 0 saturated heterocycles. The maximum atomic E-state index is 10.9. The Hall–Kier alpha value is -3.22. The van der Waals surface area contributed by atoms with Crippen LogP contribution >= 0.6 is 0 Å². The van der Waals surface area contributed by atoms with Crippen LogP contribution in [0, 0.1) is 17.0 Å². The average Bonchev–Trinajstić information content (AvgIpc) is 2.46. The molecule has 7 nitrogen and oxygen atoms in total. The van der Waals surface area contributed by atoms with Gasteiger partial charge < -0.3 is 10.2 Å². The van der Waals surface area contributed by atoms with Gasteiger partial charge in [-0.1, -0.05) is 0 Å². The lowest BCUT2D eigenvalue weighted by molar-refractivity contribution is -0.385. The molecule has 0 atom stereocenters. The molecule has 0 fully saturated rings. The average molecular weight is 300 g/mol. The Morgan fingerprint density at radius 3 is 2.59 bits per heavy atom. The van der Waals surface area contributed by atoms with E-state index in [2.05, 4.69) is 4.99 Å². The molecule has 0 bridgehead atoms. The Morgan fingerprint density at radius 1 is 1.27 bits per heavy atom. The van der Waals surface area contributed by atoms with E-state index in [1.807, 2.05) is 0 Å². The predicted molar refractivity (Wildman–Crippen MR) is 80.2 cm³/mol. The van der Waals surface area contributed by atoms with Gasteiger partial charge in [0, 0.05) is 12.3 Å². The molecule has 0 amide bonds. The molecule has 22 heavy (non-hydrogen) atoms. The van der Waals surface area contributed by atoms with Crippen LogP contribution in [-0.4, -0.2) is 27.3 Å². The lowest BCUT2D eigenvalue weighted by Gasteiger charge is -2.02. The number of hydrogen-bond donors (Lipinski definition) is 2. The number of carboxylic acids is 1. The van der Waals surface area contributed by atoms with Gasteiger partial charge in [-0.15, -0.1) is 0 Å². The van der Waals surface area contributed by atoms with Gasteiger partial charge in [0.2, 0.25) is 0 Å². The van der Waals surface area contributed by atoms with Crippen molar-refractivity contribution in [1.29, 1.82) is 0 Å². The molecule has 2 aromatic carbocycles. The number of aliphatic imine (C=N–C) groups is 1. The molecule has 7 heteroatoms. The molecule has 2 aromatic rings. The molecular formula is C15H12N2O5. The summed E-state index contributed by atoms with van der Waals surface area (Å²) in [4.78, 5) is 25.1. The minimum absolute atomic E-state index is 0.164. The van der Waals surface area contributed by atoms with E-state index in [-0.39, 0.29) is 5.56 Å². The summed E-state index contributed by atoms with van der Waals surface area (Å²) in [5, 5.41) is 29.0. The second-order valence-electron chi connectivity index (χ2n) is 4.57. The second-order valence-corrected chi connectivity index (χ2v) is 4.57. The van der Waals surface area contributed by atoms with Crippen LogP contribution in [0.15, 0.2) is 41.4 Å². The summed E-state index contributed by atoms with van der Waals surface area (Å²) in [5.74, 6) is -1.43. The number of nitro benzene ring substituents is 1. The first-order valence-electron chi connectivity index (χ1n) is 6.24. The molecule has 0 aliphatic rings. The molecule has 0 aliphatic carbocycles. The zero-order chi connectivity index (χ0) is 16.3. The normalized spacial score (nSPS) is 10.8. The van der Waals surface area contributed by atoms with Gasteiger partial charge in [0.25, 0.3) is 0 Å². The number of phenolic OH excluding ortho intramolecular Hbond substituents is 1. The summed E-state index contributed by atoms with van der Waals surface area (Å²) in [7, 11) is 0. The zero-order valence-corrected chi connectivity index (χ0v) is 11.6. The summed E-state index contributed by atoms with van der Waals surface area (Å²) in [6, 6.07) is 8.41. The fraction of sp³-hybridized carbons (Fsp3) is 0.0667. The summed E-state index contributed by atoms with van der Waals surface area (Å²) < 4.78 is 0. The van der Waals surface area contributed by atoms with Crippen molar-refractivity contribution in [2.45, 2.75) is 6.92 Å². The molecule has 0 saturated carbocycles. The van der Waals surface area contributed by atoms with Crippen molar-refractivity contribution < 1.29 is 19.9 Å². The number of carboxylic acid groups (broad SMARTS) is 1. The number of aryl methyl sites for hydroxylation is 1. The van der Waals surface area contributed by atoms with E-state index in [0.29, 0.717) is 16.8 Å². The second kappa shape index (κ2) is 6.04. The highest BCUT2D eigenvalue weighted by atomic mass is 16.6. The van der Waals surface area contributed by atoms with Gasteiger partial charge in [-0.05, 0) is 48.4 Å². The monoisotopic (exact) mass is 300 g/mol. The van der Waals surface area contributed by atoms with Crippen LogP contribution in [-0.2, 0) is 0 Å². The number of aromatic carboxylic acids is 1. The van der Waals surface area contributed by atoms with Crippen molar-refractivity contribution in [1.82, 2.24) is 0 Å². The third-order valence-corrected chi connectivity index (χ3v) is 2.99. The minimum Gasteiger partial charge on any atom is -0.502 e. The Kier molecular flexibility index (Phi) is 4.17. The van der Waals surface area contributed by atoms with Gasteiger partial charge in [0.05, 0.1) is 16.2 Å². The molecule has 0 unspecified atom stereocenters. The number of nitro groups is 1. The maximum Gasteiger partial charge on any atom is 0.335 e. The Bertz CT molecular complexity index is 783. The number of nitrogens with zero attached hydrogens (tertiary/aromatic N) is 2. The van der Waals surface area contributed by atoms with Gasteiger partial charge in [0.1, 0.15) is 0 Å². The molecule has 0 aromatic heterocycles. The molecule has 2 rings (SSSR count). The maximum absolute atomic E-state index is 10.9. The Labute approximate surface area is 125 Å². The first kappa shape index (κ1) is 15.2. The lowest BCUT2D eigenvalue weighted by Crippen LogP contribution is -1.96. The van der Waals surface area contributed by atoms with Crippen LogP contribution in [0.2, 0.25) is 0 Å². The van der Waals surface area contributed by atoms with Crippen molar-refractivity contribution in [3.63, 3.8) is 0 Å². The van der Waals surface area contributed by atoms with Gasteiger partial charge >= 0.3 is 11.7 Å². The third-order valence-electron chi connectivity index (χ3n) is 2.99. The minimum atomic E-state index is -1.02. The molecule has 0 heterocycles. The standard InChI is InChI=1S/C15H12N2O5/c1-9-6-11(15(19)20)3-4-12(9)16-8-10-2-5-14(18)13(7-10)17(21)22/h2-8,18H,1H3,(H,19,20). The van der Waals surface area contributed by atoms with Crippen molar-refractivity contribution in [3.8, 4) is 5.75 Å². The molecule has 0 radical (unpaired) electrons. The van der Waals surface area contributed by atoms with Crippen molar-refractivity contribution in [2.24, 2.45) is 4.99 Å². The number of benzene rings is 2. The lowest BCUT2D eigenvalue weighted by atomic mass is 10.1. The number of aromatic hydroxyl groups is 1.